The van der Waals surface area contributed by atoms with Crippen LogP contribution in [0.4, 0.5) is 5.69 Å². The fourth-order valence-corrected chi connectivity index (χ4v) is 1.19. The Hall–Kier alpha value is -1.88. The van der Waals surface area contributed by atoms with Crippen LogP contribution in [-0.2, 0) is 14.3 Å². The van der Waals surface area contributed by atoms with Crippen LogP contribution in [0.1, 0.15) is 17.3 Å². The van der Waals surface area contributed by atoms with Gasteiger partial charge in [0.1, 0.15) is 6.10 Å². The molecule has 1 aromatic carbocycles. The zero-order valence-corrected chi connectivity index (χ0v) is 10.0. The number of carbonyl (C=O) groups is 2. The summed E-state index contributed by atoms with van der Waals surface area (Å²) in [5.74, 6) is -0.713. The molecule has 1 aromatic rings. The van der Waals surface area contributed by atoms with Gasteiger partial charge in [-0.05, 0) is 25.1 Å². The first-order valence-electron chi connectivity index (χ1n) is 5.10. The summed E-state index contributed by atoms with van der Waals surface area (Å²) in [7, 11) is 2.76. The van der Waals surface area contributed by atoms with Crippen LogP contribution in [0, 0.1) is 0 Å². The Morgan fingerprint density at radius 3 is 2.59 bits per heavy atom. The van der Waals surface area contributed by atoms with Gasteiger partial charge in [-0.2, -0.15) is 0 Å². The normalized spacial score (nSPS) is 11.7. The number of amides is 1. The average Bonchev–Trinajstić information content (AvgIpc) is 2.37. The first-order chi connectivity index (χ1) is 8.08. The molecular formula is C12H15NO4. The predicted octanol–water partition coefficient (Wildman–Crippen LogP) is 1.45. The number of rotatable bonds is 4. The Morgan fingerprint density at radius 1 is 1.29 bits per heavy atom. The van der Waals surface area contributed by atoms with Crippen molar-refractivity contribution in [1.29, 1.82) is 0 Å². The van der Waals surface area contributed by atoms with E-state index < -0.39 is 12.1 Å². The van der Waals surface area contributed by atoms with Gasteiger partial charge in [-0.1, -0.05) is 6.07 Å². The molecule has 0 heterocycles. The summed E-state index contributed by atoms with van der Waals surface area (Å²) < 4.78 is 9.47. The van der Waals surface area contributed by atoms with E-state index in [1.54, 1.807) is 31.2 Å². The first kappa shape index (κ1) is 13.2. The van der Waals surface area contributed by atoms with Gasteiger partial charge in [0.15, 0.2) is 0 Å². The lowest BCUT2D eigenvalue weighted by Crippen LogP contribution is -2.26. The van der Waals surface area contributed by atoms with E-state index in [1.807, 2.05) is 0 Å². The molecule has 0 saturated heterocycles. The molecule has 0 saturated carbocycles. The molecule has 5 heteroatoms. The predicted molar refractivity (Wildman–Crippen MR) is 62.9 cm³/mol. The summed E-state index contributed by atoms with van der Waals surface area (Å²) in [5, 5.41) is 2.64. The van der Waals surface area contributed by atoms with Crippen molar-refractivity contribution in [3.8, 4) is 0 Å². The van der Waals surface area contributed by atoms with Crippen LogP contribution in [0.25, 0.3) is 0 Å². The van der Waals surface area contributed by atoms with Crippen molar-refractivity contribution in [3.63, 3.8) is 0 Å². The highest BCUT2D eigenvalue weighted by Crippen LogP contribution is 2.12. The van der Waals surface area contributed by atoms with E-state index in [4.69, 9.17) is 4.74 Å². The second-order valence-corrected chi connectivity index (χ2v) is 3.44. The topological polar surface area (TPSA) is 64.6 Å². The molecule has 0 radical (unpaired) electrons. The number of hydrogen-bond donors (Lipinski definition) is 1. The average molecular weight is 237 g/mol. The summed E-state index contributed by atoms with van der Waals surface area (Å²) in [5.41, 5.74) is 0.914. The Bertz CT molecular complexity index is 417. The number of benzene rings is 1. The van der Waals surface area contributed by atoms with Gasteiger partial charge >= 0.3 is 5.97 Å². The number of hydrogen-bond acceptors (Lipinski definition) is 4. The molecule has 0 aliphatic carbocycles. The largest absolute Gasteiger partial charge is 0.465 e. The molecule has 0 aromatic heterocycles. The fraction of sp³-hybridized carbons (Fsp3) is 0.333. The van der Waals surface area contributed by atoms with E-state index in [2.05, 4.69) is 10.1 Å². The standard InChI is InChI=1S/C12H15NO4/c1-8(16-2)11(14)13-10-6-4-5-9(7-10)12(15)17-3/h4-8H,1-3H3,(H,13,14). The maximum absolute atomic E-state index is 11.5. The van der Waals surface area contributed by atoms with Crippen LogP contribution in [0.3, 0.4) is 0 Å². The van der Waals surface area contributed by atoms with Crippen LogP contribution < -0.4 is 5.32 Å². The SMILES string of the molecule is COC(=O)c1cccc(NC(=O)C(C)OC)c1. The third kappa shape index (κ3) is 3.57. The number of anilines is 1. The van der Waals surface area contributed by atoms with E-state index in [9.17, 15) is 9.59 Å². The van der Waals surface area contributed by atoms with E-state index in [1.165, 1.54) is 14.2 Å². The summed E-state index contributed by atoms with van der Waals surface area (Å²) in [4.78, 5) is 22.8. The molecule has 0 spiro atoms. The molecule has 0 aliphatic heterocycles. The highest BCUT2D eigenvalue weighted by molar-refractivity contribution is 5.96. The molecule has 1 amide bonds. The Kier molecular flexibility index (Phi) is 4.66. The van der Waals surface area contributed by atoms with E-state index in [0.29, 0.717) is 11.3 Å². The minimum atomic E-state index is -0.545. The second-order valence-electron chi connectivity index (χ2n) is 3.44. The van der Waals surface area contributed by atoms with Crippen molar-refractivity contribution in [3.05, 3.63) is 29.8 Å². The summed E-state index contributed by atoms with van der Waals surface area (Å²) in [6.45, 7) is 1.64. The van der Waals surface area contributed by atoms with Gasteiger partial charge < -0.3 is 14.8 Å². The molecule has 1 N–H and O–H groups in total. The van der Waals surface area contributed by atoms with Crippen molar-refractivity contribution in [1.82, 2.24) is 0 Å². The van der Waals surface area contributed by atoms with Crippen molar-refractivity contribution >= 4 is 17.6 Å². The van der Waals surface area contributed by atoms with Gasteiger partial charge in [0, 0.05) is 12.8 Å². The molecule has 1 unspecified atom stereocenters. The minimum Gasteiger partial charge on any atom is -0.465 e. The Labute approximate surface area is 99.7 Å². The van der Waals surface area contributed by atoms with Crippen LogP contribution in [-0.4, -0.2) is 32.2 Å². The van der Waals surface area contributed by atoms with E-state index in [0.717, 1.165) is 0 Å². The van der Waals surface area contributed by atoms with Crippen molar-refractivity contribution in [2.45, 2.75) is 13.0 Å². The van der Waals surface area contributed by atoms with Gasteiger partial charge in [0.2, 0.25) is 0 Å². The monoisotopic (exact) mass is 237 g/mol. The summed E-state index contributed by atoms with van der Waals surface area (Å²) >= 11 is 0. The van der Waals surface area contributed by atoms with E-state index in [-0.39, 0.29) is 5.91 Å². The molecule has 17 heavy (non-hydrogen) atoms. The summed E-state index contributed by atoms with van der Waals surface area (Å²) in [6, 6.07) is 6.51. The lowest BCUT2D eigenvalue weighted by atomic mass is 10.2. The first-order valence-corrected chi connectivity index (χ1v) is 5.10. The lowest BCUT2D eigenvalue weighted by Gasteiger charge is -2.10. The maximum atomic E-state index is 11.5. The third-order valence-corrected chi connectivity index (χ3v) is 2.27. The van der Waals surface area contributed by atoms with Crippen molar-refractivity contribution in [2.24, 2.45) is 0 Å². The molecule has 1 rings (SSSR count). The highest BCUT2D eigenvalue weighted by atomic mass is 16.5. The van der Waals surface area contributed by atoms with Crippen molar-refractivity contribution in [2.75, 3.05) is 19.5 Å². The molecular weight excluding hydrogens is 222 g/mol. The van der Waals surface area contributed by atoms with Gasteiger partial charge in [-0.15, -0.1) is 0 Å². The molecule has 0 bridgehead atoms. The van der Waals surface area contributed by atoms with Gasteiger partial charge in [0.25, 0.3) is 5.91 Å². The molecule has 0 fully saturated rings. The zero-order chi connectivity index (χ0) is 12.8. The second kappa shape index (κ2) is 6.00. The van der Waals surface area contributed by atoms with Gasteiger partial charge in [-0.3, -0.25) is 4.79 Å². The zero-order valence-electron chi connectivity index (χ0n) is 10.0. The molecule has 5 nitrogen and oxygen atoms in total. The van der Waals surface area contributed by atoms with Crippen LogP contribution in [0.5, 0.6) is 0 Å². The quantitative estimate of drug-likeness (QED) is 0.805. The van der Waals surface area contributed by atoms with Gasteiger partial charge in [0.05, 0.1) is 12.7 Å². The minimum absolute atomic E-state index is 0.269. The van der Waals surface area contributed by atoms with Crippen LogP contribution in [0.2, 0.25) is 0 Å². The highest BCUT2D eigenvalue weighted by Gasteiger charge is 2.12. The number of ether oxygens (including phenoxy) is 2. The fourth-order valence-electron chi connectivity index (χ4n) is 1.19. The number of carbonyl (C=O) groups excluding carboxylic acids is 2. The van der Waals surface area contributed by atoms with Crippen LogP contribution in [0.15, 0.2) is 24.3 Å². The maximum Gasteiger partial charge on any atom is 0.337 e. The number of nitrogens with one attached hydrogen (secondary N) is 1. The van der Waals surface area contributed by atoms with E-state index >= 15 is 0 Å². The molecule has 92 valence electrons. The summed E-state index contributed by atoms with van der Waals surface area (Å²) in [6.07, 6.45) is -0.545. The van der Waals surface area contributed by atoms with Gasteiger partial charge in [-0.25, -0.2) is 4.79 Å². The number of esters is 1. The smallest absolute Gasteiger partial charge is 0.337 e. The Balaban J connectivity index is 2.79. The number of methoxy groups -OCH3 is 2. The molecule has 0 aliphatic rings. The molecule has 1 atom stereocenters. The lowest BCUT2D eigenvalue weighted by molar-refractivity contribution is -0.124. The van der Waals surface area contributed by atoms with Crippen LogP contribution >= 0.6 is 0 Å². The Morgan fingerprint density at radius 2 is 2.00 bits per heavy atom. The van der Waals surface area contributed by atoms with Crippen molar-refractivity contribution < 1.29 is 19.1 Å². The third-order valence-electron chi connectivity index (χ3n) is 2.27.